The quantitative estimate of drug-likeness (QED) is 0.915. The molecule has 2 atom stereocenters. The molecule has 2 heterocycles. The summed E-state index contributed by atoms with van der Waals surface area (Å²) in [6, 6.07) is 20.0. The Kier molecular flexibility index (Phi) is 3.37. The van der Waals surface area contributed by atoms with Gasteiger partial charge in [-0.15, -0.1) is 0 Å². The zero-order valence-electron chi connectivity index (χ0n) is 12.0. The van der Waals surface area contributed by atoms with Crippen LogP contribution in [0.1, 0.15) is 23.2 Å². The first kappa shape index (κ1) is 12.9. The van der Waals surface area contributed by atoms with E-state index in [1.54, 1.807) is 0 Å². The van der Waals surface area contributed by atoms with Crippen LogP contribution in [0.3, 0.4) is 0 Å². The van der Waals surface area contributed by atoms with Crippen LogP contribution in [0.2, 0.25) is 0 Å². The van der Waals surface area contributed by atoms with Crippen molar-refractivity contribution < 1.29 is 4.74 Å². The second-order valence-corrected chi connectivity index (χ2v) is 5.78. The summed E-state index contributed by atoms with van der Waals surface area (Å²) in [4.78, 5) is 2.56. The molecule has 0 radical (unpaired) electrons. The van der Waals surface area contributed by atoms with E-state index in [2.05, 4.69) is 58.7 Å². The molecule has 1 N–H and O–H groups in total. The van der Waals surface area contributed by atoms with Crippen molar-refractivity contribution in [1.82, 2.24) is 10.2 Å². The number of hydrogen-bond acceptors (Lipinski definition) is 3. The highest BCUT2D eigenvalue weighted by Crippen LogP contribution is 2.37. The van der Waals surface area contributed by atoms with Crippen molar-refractivity contribution in [2.24, 2.45) is 0 Å². The van der Waals surface area contributed by atoms with E-state index in [4.69, 9.17) is 4.74 Å². The average Bonchev–Trinajstić information content (AvgIpc) is 3.00. The van der Waals surface area contributed by atoms with Crippen molar-refractivity contribution in [2.75, 3.05) is 26.2 Å². The van der Waals surface area contributed by atoms with Crippen LogP contribution in [0.5, 0.6) is 5.75 Å². The van der Waals surface area contributed by atoms with Gasteiger partial charge in [0.25, 0.3) is 0 Å². The highest BCUT2D eigenvalue weighted by Gasteiger charge is 2.32. The molecule has 0 aromatic heterocycles. The van der Waals surface area contributed by atoms with Crippen LogP contribution >= 0.6 is 0 Å². The van der Waals surface area contributed by atoms with Gasteiger partial charge in [0.2, 0.25) is 0 Å². The highest BCUT2D eigenvalue weighted by atomic mass is 16.5. The smallest absolute Gasteiger partial charge is 0.124 e. The van der Waals surface area contributed by atoms with Crippen molar-refractivity contribution in [2.45, 2.75) is 12.1 Å². The molecular weight excluding hydrogens is 260 g/mol. The Bertz CT molecular complexity index is 614. The van der Waals surface area contributed by atoms with Gasteiger partial charge >= 0.3 is 0 Å². The van der Waals surface area contributed by atoms with Crippen molar-refractivity contribution in [3.05, 3.63) is 65.7 Å². The number of fused-ring (bicyclic) bond motifs is 1. The minimum Gasteiger partial charge on any atom is -0.491 e. The standard InChI is InChI=1S/C18H20N2O/c1-2-6-14(7-3-1)16-12-20(11-10-19-16)17-13-21-18-9-5-4-8-15(17)18/h1-9,16-17,19H,10-13H2. The second-order valence-electron chi connectivity index (χ2n) is 5.78. The number of ether oxygens (including phenoxy) is 1. The van der Waals surface area contributed by atoms with Crippen molar-refractivity contribution in [3.63, 3.8) is 0 Å². The monoisotopic (exact) mass is 280 g/mol. The summed E-state index contributed by atoms with van der Waals surface area (Å²) >= 11 is 0. The van der Waals surface area contributed by atoms with Crippen LogP contribution in [-0.4, -0.2) is 31.1 Å². The molecule has 2 aliphatic heterocycles. The second kappa shape index (κ2) is 5.51. The average molecular weight is 280 g/mol. The summed E-state index contributed by atoms with van der Waals surface area (Å²) in [7, 11) is 0. The summed E-state index contributed by atoms with van der Waals surface area (Å²) in [6.45, 7) is 3.91. The van der Waals surface area contributed by atoms with E-state index in [0.717, 1.165) is 32.0 Å². The maximum absolute atomic E-state index is 5.84. The first-order valence-corrected chi connectivity index (χ1v) is 7.66. The Hall–Kier alpha value is -1.84. The minimum absolute atomic E-state index is 0.398. The van der Waals surface area contributed by atoms with E-state index in [9.17, 15) is 0 Å². The van der Waals surface area contributed by atoms with Gasteiger partial charge in [-0.05, 0) is 11.6 Å². The van der Waals surface area contributed by atoms with Gasteiger partial charge in [0.15, 0.2) is 0 Å². The van der Waals surface area contributed by atoms with Gasteiger partial charge in [0, 0.05) is 31.2 Å². The maximum atomic E-state index is 5.84. The lowest BCUT2D eigenvalue weighted by atomic mass is 10.0. The lowest BCUT2D eigenvalue weighted by Crippen LogP contribution is -2.47. The van der Waals surface area contributed by atoms with Crippen LogP contribution in [0.25, 0.3) is 0 Å². The highest BCUT2D eigenvalue weighted by molar-refractivity contribution is 5.39. The van der Waals surface area contributed by atoms with Crippen molar-refractivity contribution in [1.29, 1.82) is 0 Å². The number of rotatable bonds is 2. The molecule has 0 spiro atoms. The van der Waals surface area contributed by atoms with E-state index in [0.29, 0.717) is 12.1 Å². The van der Waals surface area contributed by atoms with E-state index in [1.807, 2.05) is 6.07 Å². The van der Waals surface area contributed by atoms with Crippen LogP contribution in [0.15, 0.2) is 54.6 Å². The molecular formula is C18H20N2O. The van der Waals surface area contributed by atoms with Gasteiger partial charge in [0.1, 0.15) is 12.4 Å². The third-order valence-electron chi connectivity index (χ3n) is 4.52. The third kappa shape index (κ3) is 2.43. The summed E-state index contributed by atoms with van der Waals surface area (Å²) < 4.78 is 5.84. The molecule has 2 aliphatic rings. The van der Waals surface area contributed by atoms with E-state index in [-0.39, 0.29) is 0 Å². The number of piperazine rings is 1. The zero-order valence-corrected chi connectivity index (χ0v) is 12.0. The van der Waals surface area contributed by atoms with Crippen molar-refractivity contribution >= 4 is 0 Å². The Morgan fingerprint density at radius 3 is 2.71 bits per heavy atom. The first-order chi connectivity index (χ1) is 10.4. The largest absolute Gasteiger partial charge is 0.491 e. The lowest BCUT2D eigenvalue weighted by molar-refractivity contribution is 0.123. The molecule has 3 heteroatoms. The van der Waals surface area contributed by atoms with Crippen LogP contribution in [0, 0.1) is 0 Å². The van der Waals surface area contributed by atoms with Gasteiger partial charge in [-0.25, -0.2) is 0 Å². The van der Waals surface area contributed by atoms with Gasteiger partial charge in [-0.2, -0.15) is 0 Å². The fourth-order valence-corrected chi connectivity index (χ4v) is 3.41. The molecule has 0 aliphatic carbocycles. The number of nitrogens with one attached hydrogen (secondary N) is 1. The van der Waals surface area contributed by atoms with Crippen LogP contribution < -0.4 is 10.1 Å². The topological polar surface area (TPSA) is 24.5 Å². The van der Waals surface area contributed by atoms with Gasteiger partial charge < -0.3 is 10.1 Å². The predicted molar refractivity (Wildman–Crippen MR) is 83.4 cm³/mol. The molecule has 0 bridgehead atoms. The Labute approximate surface area is 125 Å². The summed E-state index contributed by atoms with van der Waals surface area (Å²) in [5.74, 6) is 1.05. The Morgan fingerprint density at radius 1 is 1.00 bits per heavy atom. The molecule has 1 saturated heterocycles. The molecule has 4 rings (SSSR count). The zero-order chi connectivity index (χ0) is 14.1. The van der Waals surface area contributed by atoms with Crippen molar-refractivity contribution in [3.8, 4) is 5.75 Å². The molecule has 108 valence electrons. The normalized spacial score (nSPS) is 25.3. The SMILES string of the molecule is c1ccc(C2CN(C3COc4ccccc43)CCN2)cc1. The Morgan fingerprint density at radius 2 is 1.81 bits per heavy atom. The van der Waals surface area contributed by atoms with Crippen LogP contribution in [-0.2, 0) is 0 Å². The molecule has 3 nitrogen and oxygen atoms in total. The van der Waals surface area contributed by atoms with E-state index >= 15 is 0 Å². The molecule has 0 saturated carbocycles. The third-order valence-corrected chi connectivity index (χ3v) is 4.52. The molecule has 0 amide bonds. The van der Waals surface area contributed by atoms with Gasteiger partial charge in [-0.1, -0.05) is 48.5 Å². The van der Waals surface area contributed by atoms with Crippen LogP contribution in [0.4, 0.5) is 0 Å². The number of hydrogen-bond donors (Lipinski definition) is 1. The molecule has 2 aromatic carbocycles. The molecule has 2 unspecified atom stereocenters. The minimum atomic E-state index is 0.398. The predicted octanol–water partition coefficient (Wildman–Crippen LogP) is 2.77. The molecule has 1 fully saturated rings. The fraction of sp³-hybridized carbons (Fsp3) is 0.333. The lowest BCUT2D eigenvalue weighted by Gasteiger charge is -2.37. The van der Waals surface area contributed by atoms with E-state index < -0.39 is 0 Å². The molecule has 21 heavy (non-hydrogen) atoms. The number of benzene rings is 2. The maximum Gasteiger partial charge on any atom is 0.124 e. The Balaban J connectivity index is 1.54. The summed E-state index contributed by atoms with van der Waals surface area (Å²) in [5, 5.41) is 3.63. The van der Waals surface area contributed by atoms with Gasteiger partial charge in [-0.3, -0.25) is 4.90 Å². The van der Waals surface area contributed by atoms with Gasteiger partial charge in [0.05, 0.1) is 6.04 Å². The summed E-state index contributed by atoms with van der Waals surface area (Å²) in [6.07, 6.45) is 0. The number of para-hydroxylation sites is 1. The molecule has 2 aromatic rings. The fourth-order valence-electron chi connectivity index (χ4n) is 3.41. The summed E-state index contributed by atoms with van der Waals surface area (Å²) in [5.41, 5.74) is 2.71. The first-order valence-electron chi connectivity index (χ1n) is 7.66. The number of nitrogens with zero attached hydrogens (tertiary/aromatic N) is 1. The van der Waals surface area contributed by atoms with E-state index in [1.165, 1.54) is 11.1 Å².